The van der Waals surface area contributed by atoms with Crippen LogP contribution in [0.4, 0.5) is 0 Å². The van der Waals surface area contributed by atoms with Crippen LogP contribution in [-0.2, 0) is 24.2 Å². The molecule has 3 aromatic rings. The fraction of sp³-hybridized carbons (Fsp3) is 0.286. The van der Waals surface area contributed by atoms with Gasteiger partial charge in [-0.2, -0.15) is 0 Å². The van der Waals surface area contributed by atoms with Crippen LogP contribution >= 0.6 is 11.6 Å². The number of nitrogens with zero attached hydrogens (tertiary/aromatic N) is 2. The zero-order valence-corrected chi connectivity index (χ0v) is 15.9. The Morgan fingerprint density at radius 1 is 1.04 bits per heavy atom. The lowest BCUT2D eigenvalue weighted by molar-refractivity contribution is 0.137. The molecule has 0 saturated heterocycles. The molecule has 2 aromatic carbocycles. The Morgan fingerprint density at radius 3 is 2.44 bits per heavy atom. The fourth-order valence-corrected chi connectivity index (χ4v) is 4.00. The zero-order valence-electron chi connectivity index (χ0n) is 15.1. The maximum atomic E-state index is 13.0. The van der Waals surface area contributed by atoms with Gasteiger partial charge in [0.05, 0.1) is 26.3 Å². The highest BCUT2D eigenvalue weighted by Crippen LogP contribution is 2.38. The van der Waals surface area contributed by atoms with Gasteiger partial charge in [-0.25, -0.2) is 9.36 Å². The summed E-state index contributed by atoms with van der Waals surface area (Å²) in [4.78, 5) is 13.0. The summed E-state index contributed by atoms with van der Waals surface area (Å²) in [5.41, 5.74) is 3.66. The summed E-state index contributed by atoms with van der Waals surface area (Å²) < 4.78 is 8.54. The molecular formula is C21H21ClN2O3. The average molecular weight is 385 g/mol. The lowest BCUT2D eigenvalue weighted by Gasteiger charge is -2.13. The monoisotopic (exact) mass is 384 g/mol. The second-order valence-electron chi connectivity index (χ2n) is 6.57. The summed E-state index contributed by atoms with van der Waals surface area (Å²) in [5.74, 6) is -0.0467. The van der Waals surface area contributed by atoms with Crippen LogP contribution in [0, 0.1) is 0 Å². The molecule has 0 amide bonds. The maximum absolute atomic E-state index is 13.0. The van der Waals surface area contributed by atoms with Crippen LogP contribution in [0.5, 0.6) is 5.88 Å². The first-order valence-corrected chi connectivity index (χ1v) is 9.48. The number of aryl methyl sites for hydroxylation is 1. The predicted molar refractivity (Wildman–Crippen MR) is 106 cm³/mol. The quantitative estimate of drug-likeness (QED) is 0.744. The summed E-state index contributed by atoms with van der Waals surface area (Å²) in [6.45, 7) is 3.77. The van der Waals surface area contributed by atoms with Gasteiger partial charge >= 0.3 is 0 Å². The van der Waals surface area contributed by atoms with E-state index in [1.54, 1.807) is 9.36 Å². The van der Waals surface area contributed by atoms with Crippen molar-refractivity contribution in [3.05, 3.63) is 63.4 Å². The van der Waals surface area contributed by atoms with Crippen molar-refractivity contribution in [3.63, 3.8) is 0 Å². The van der Waals surface area contributed by atoms with E-state index in [1.807, 2.05) is 49.4 Å². The minimum absolute atomic E-state index is 0.0467. The number of hydrogen-bond acceptors (Lipinski definition) is 3. The third-order valence-corrected chi connectivity index (χ3v) is 5.31. The lowest BCUT2D eigenvalue weighted by atomic mass is 9.94. The molecule has 0 spiro atoms. The molecular weight excluding hydrogens is 364 g/mol. The Labute approximate surface area is 162 Å². The molecule has 140 valence electrons. The summed E-state index contributed by atoms with van der Waals surface area (Å²) in [5, 5.41) is 11.3. The Balaban J connectivity index is 1.92. The molecule has 6 heteroatoms. The number of aromatic nitrogens is 2. The summed E-state index contributed by atoms with van der Waals surface area (Å²) >= 11 is 6.64. The molecule has 0 aliphatic carbocycles. The molecule has 0 unspecified atom stereocenters. The van der Waals surface area contributed by atoms with Crippen molar-refractivity contribution in [3.8, 4) is 28.1 Å². The Morgan fingerprint density at radius 2 is 1.74 bits per heavy atom. The third kappa shape index (κ3) is 3.07. The van der Waals surface area contributed by atoms with Crippen molar-refractivity contribution in [1.82, 2.24) is 9.36 Å². The Hall–Kier alpha value is -2.50. The van der Waals surface area contributed by atoms with E-state index in [-0.39, 0.29) is 17.0 Å². The molecule has 0 fully saturated rings. The van der Waals surface area contributed by atoms with E-state index in [0.717, 1.165) is 16.7 Å². The van der Waals surface area contributed by atoms with E-state index in [2.05, 4.69) is 0 Å². The highest BCUT2D eigenvalue weighted by Gasteiger charge is 2.26. The number of halogens is 1. The van der Waals surface area contributed by atoms with Crippen LogP contribution in [-0.4, -0.2) is 27.7 Å². The number of hydrogen-bond donors (Lipinski definition) is 1. The first-order valence-electron chi connectivity index (χ1n) is 9.10. The normalized spacial score (nSPS) is 14.0. The second kappa shape index (κ2) is 7.25. The van der Waals surface area contributed by atoms with Crippen LogP contribution in [0.2, 0.25) is 5.02 Å². The Kier molecular flexibility index (Phi) is 4.81. The number of rotatable bonds is 3. The summed E-state index contributed by atoms with van der Waals surface area (Å²) in [6.07, 6.45) is 0.697. The van der Waals surface area contributed by atoms with Crippen molar-refractivity contribution in [2.75, 3.05) is 13.2 Å². The van der Waals surface area contributed by atoms with Gasteiger partial charge in [0.2, 0.25) is 5.88 Å². The minimum Gasteiger partial charge on any atom is -0.493 e. The van der Waals surface area contributed by atoms with Gasteiger partial charge in [0.15, 0.2) is 0 Å². The van der Waals surface area contributed by atoms with Gasteiger partial charge in [0.1, 0.15) is 5.56 Å². The molecule has 0 radical (unpaired) electrons. The molecule has 1 aliphatic heterocycles. The molecule has 2 heterocycles. The van der Waals surface area contributed by atoms with Crippen LogP contribution in [0.15, 0.2) is 47.3 Å². The summed E-state index contributed by atoms with van der Waals surface area (Å²) in [6, 6.07) is 13.9. The van der Waals surface area contributed by atoms with Gasteiger partial charge in [0, 0.05) is 10.6 Å². The number of fused-ring (bicyclic) bond motifs is 1. The molecule has 4 rings (SSSR count). The van der Waals surface area contributed by atoms with Gasteiger partial charge in [-0.05, 0) is 29.2 Å². The van der Waals surface area contributed by atoms with Gasteiger partial charge < -0.3 is 9.84 Å². The number of aromatic hydroxyl groups is 1. The van der Waals surface area contributed by atoms with E-state index >= 15 is 0 Å². The van der Waals surface area contributed by atoms with E-state index in [4.69, 9.17) is 16.3 Å². The maximum Gasteiger partial charge on any atom is 0.278 e. The fourth-order valence-electron chi connectivity index (χ4n) is 3.67. The van der Waals surface area contributed by atoms with Gasteiger partial charge in [0.25, 0.3) is 5.56 Å². The van der Waals surface area contributed by atoms with E-state index in [9.17, 15) is 9.90 Å². The molecule has 1 aromatic heterocycles. The second-order valence-corrected chi connectivity index (χ2v) is 6.98. The van der Waals surface area contributed by atoms with Crippen molar-refractivity contribution in [1.29, 1.82) is 0 Å². The van der Waals surface area contributed by atoms with E-state index < -0.39 is 0 Å². The van der Waals surface area contributed by atoms with Crippen LogP contribution in [0.1, 0.15) is 12.5 Å². The van der Waals surface area contributed by atoms with Crippen LogP contribution < -0.4 is 5.56 Å². The molecule has 0 saturated carbocycles. The largest absolute Gasteiger partial charge is 0.493 e. The third-order valence-electron chi connectivity index (χ3n) is 5.01. The highest BCUT2D eigenvalue weighted by molar-refractivity contribution is 6.34. The van der Waals surface area contributed by atoms with Gasteiger partial charge in [-0.3, -0.25) is 4.79 Å². The van der Waals surface area contributed by atoms with E-state index in [0.29, 0.717) is 43.3 Å². The molecule has 1 N–H and O–H groups in total. The zero-order chi connectivity index (χ0) is 19.0. The SMILES string of the molecule is CCc1cc(-c2ccccc2)cc(Cl)c1-c1c(O)n2n(c1=O)CCOCC2. The molecule has 0 atom stereocenters. The standard InChI is InChI=1S/C21H21ClN2O3/c1-2-14-12-16(15-6-4-3-5-7-15)13-17(22)18(14)19-20(25)23-8-10-27-11-9-24(23)21(19)26/h3-7,12-13,25H,2,8-11H2,1H3. The average Bonchev–Trinajstić information content (AvgIpc) is 2.87. The number of benzene rings is 2. The molecule has 5 nitrogen and oxygen atoms in total. The Bertz CT molecular complexity index is 1040. The molecule has 0 bridgehead atoms. The first-order chi connectivity index (χ1) is 13.1. The van der Waals surface area contributed by atoms with Crippen LogP contribution in [0.3, 0.4) is 0 Å². The highest BCUT2D eigenvalue weighted by atomic mass is 35.5. The van der Waals surface area contributed by atoms with Crippen molar-refractivity contribution >= 4 is 11.6 Å². The first kappa shape index (κ1) is 17.9. The number of ether oxygens (including phenoxy) is 1. The van der Waals surface area contributed by atoms with E-state index in [1.165, 1.54) is 0 Å². The lowest BCUT2D eigenvalue weighted by Crippen LogP contribution is -2.23. The molecule has 1 aliphatic rings. The van der Waals surface area contributed by atoms with Crippen molar-refractivity contribution < 1.29 is 9.84 Å². The van der Waals surface area contributed by atoms with Gasteiger partial charge in [-0.15, -0.1) is 0 Å². The smallest absolute Gasteiger partial charge is 0.278 e. The molecule has 27 heavy (non-hydrogen) atoms. The van der Waals surface area contributed by atoms with Crippen molar-refractivity contribution in [2.24, 2.45) is 0 Å². The van der Waals surface area contributed by atoms with Gasteiger partial charge in [-0.1, -0.05) is 54.9 Å². The van der Waals surface area contributed by atoms with Crippen LogP contribution in [0.25, 0.3) is 22.3 Å². The minimum atomic E-state index is -0.234. The predicted octanol–water partition coefficient (Wildman–Crippen LogP) is 3.94. The van der Waals surface area contributed by atoms with Crippen molar-refractivity contribution in [2.45, 2.75) is 26.4 Å². The summed E-state index contributed by atoms with van der Waals surface area (Å²) in [7, 11) is 0. The topological polar surface area (TPSA) is 56.4 Å².